The third-order valence-corrected chi connectivity index (χ3v) is 5.78. The highest BCUT2D eigenvalue weighted by atomic mass is 35.5. The Kier molecular flexibility index (Phi) is 3.46. The fourth-order valence-corrected chi connectivity index (χ4v) is 4.44. The van der Waals surface area contributed by atoms with Crippen molar-refractivity contribution in [3.8, 4) is 11.5 Å². The second kappa shape index (κ2) is 5.00. The molecule has 0 amide bonds. The Balaban J connectivity index is 1.84. The molecule has 2 aliphatic rings. The number of ether oxygens (including phenoxy) is 2. The second-order valence-corrected chi connectivity index (χ2v) is 7.91. The number of nitrogens with one attached hydrogen (secondary N) is 1. The lowest BCUT2D eigenvalue weighted by atomic mass is 10.2. The van der Waals surface area contributed by atoms with E-state index in [0.29, 0.717) is 28.6 Å². The predicted molar refractivity (Wildman–Crippen MR) is 77.5 cm³/mol. The van der Waals surface area contributed by atoms with Gasteiger partial charge in [0, 0.05) is 24.4 Å². The van der Waals surface area contributed by atoms with E-state index < -0.39 is 9.84 Å². The molecule has 1 fully saturated rings. The first-order valence-corrected chi connectivity index (χ1v) is 8.83. The molecule has 7 heteroatoms. The van der Waals surface area contributed by atoms with Crippen LogP contribution in [0.1, 0.15) is 19.3 Å². The van der Waals surface area contributed by atoms with Gasteiger partial charge in [0.1, 0.15) is 0 Å². The SMILES string of the molecule is CS(=O)(=O)C1CCCC1Nc1cc2c(cc1Cl)OCO2. The Hall–Kier alpha value is -1.14. The molecule has 1 heterocycles. The average molecular weight is 318 g/mol. The largest absolute Gasteiger partial charge is 0.454 e. The van der Waals surface area contributed by atoms with Crippen molar-refractivity contribution in [3.05, 3.63) is 17.2 Å². The molecule has 1 saturated carbocycles. The van der Waals surface area contributed by atoms with Crippen LogP contribution < -0.4 is 14.8 Å². The van der Waals surface area contributed by atoms with Gasteiger partial charge in [0.05, 0.1) is 16.0 Å². The van der Waals surface area contributed by atoms with Gasteiger partial charge >= 0.3 is 0 Å². The monoisotopic (exact) mass is 317 g/mol. The summed E-state index contributed by atoms with van der Waals surface area (Å²) in [6.45, 7) is 0.185. The Morgan fingerprint density at radius 1 is 1.25 bits per heavy atom. The van der Waals surface area contributed by atoms with Gasteiger partial charge in [0.15, 0.2) is 21.3 Å². The molecule has 2 unspecified atom stereocenters. The molecule has 0 bridgehead atoms. The van der Waals surface area contributed by atoms with Crippen molar-refractivity contribution < 1.29 is 17.9 Å². The van der Waals surface area contributed by atoms with E-state index in [1.165, 1.54) is 6.26 Å². The summed E-state index contributed by atoms with van der Waals surface area (Å²) < 4.78 is 34.1. The second-order valence-electron chi connectivity index (χ2n) is 5.24. The van der Waals surface area contributed by atoms with Crippen LogP contribution in [0.25, 0.3) is 0 Å². The molecule has 0 radical (unpaired) electrons. The number of sulfone groups is 1. The normalized spacial score (nSPS) is 24.9. The zero-order chi connectivity index (χ0) is 14.3. The van der Waals surface area contributed by atoms with Gasteiger partial charge in [0.25, 0.3) is 0 Å². The third-order valence-electron chi connectivity index (χ3n) is 3.81. The number of rotatable bonds is 3. The molecule has 2 atom stereocenters. The summed E-state index contributed by atoms with van der Waals surface area (Å²) in [5.74, 6) is 1.25. The molecule has 20 heavy (non-hydrogen) atoms. The zero-order valence-corrected chi connectivity index (χ0v) is 12.6. The molecule has 110 valence electrons. The van der Waals surface area contributed by atoms with Gasteiger partial charge in [-0.25, -0.2) is 8.42 Å². The first kappa shape index (κ1) is 13.8. The predicted octanol–water partition coefficient (Wildman–Crippen LogP) is 2.45. The van der Waals surface area contributed by atoms with E-state index in [1.807, 2.05) is 0 Å². The number of fused-ring (bicyclic) bond motifs is 1. The smallest absolute Gasteiger partial charge is 0.231 e. The molecule has 1 aliphatic heterocycles. The molecule has 1 aliphatic carbocycles. The first-order chi connectivity index (χ1) is 9.45. The number of hydrogen-bond acceptors (Lipinski definition) is 5. The molecule has 0 saturated heterocycles. The minimum atomic E-state index is -3.06. The van der Waals surface area contributed by atoms with Crippen LogP contribution in [0.15, 0.2) is 12.1 Å². The number of halogens is 1. The first-order valence-electron chi connectivity index (χ1n) is 6.50. The van der Waals surface area contributed by atoms with E-state index in [1.54, 1.807) is 12.1 Å². The van der Waals surface area contributed by atoms with Gasteiger partial charge < -0.3 is 14.8 Å². The van der Waals surface area contributed by atoms with Crippen molar-refractivity contribution in [2.75, 3.05) is 18.4 Å². The Bertz CT molecular complexity index is 632. The van der Waals surface area contributed by atoms with Crippen molar-refractivity contribution in [2.45, 2.75) is 30.6 Å². The Morgan fingerprint density at radius 2 is 1.95 bits per heavy atom. The number of anilines is 1. The molecule has 5 nitrogen and oxygen atoms in total. The van der Waals surface area contributed by atoms with Crippen LogP contribution >= 0.6 is 11.6 Å². The molecular formula is C13H16ClNO4S. The molecule has 0 spiro atoms. The van der Waals surface area contributed by atoms with E-state index in [9.17, 15) is 8.42 Å². The molecule has 1 N–H and O–H groups in total. The van der Waals surface area contributed by atoms with E-state index in [0.717, 1.165) is 12.8 Å². The average Bonchev–Trinajstić information content (AvgIpc) is 2.97. The van der Waals surface area contributed by atoms with Crippen molar-refractivity contribution in [3.63, 3.8) is 0 Å². The van der Waals surface area contributed by atoms with Crippen LogP contribution in [-0.4, -0.2) is 32.8 Å². The summed E-state index contributed by atoms with van der Waals surface area (Å²) >= 11 is 6.20. The van der Waals surface area contributed by atoms with Gasteiger partial charge in [-0.3, -0.25) is 0 Å². The minimum Gasteiger partial charge on any atom is -0.454 e. The van der Waals surface area contributed by atoms with Crippen molar-refractivity contribution >= 4 is 27.1 Å². The topological polar surface area (TPSA) is 64.6 Å². The van der Waals surface area contributed by atoms with Crippen molar-refractivity contribution in [1.29, 1.82) is 0 Å². The van der Waals surface area contributed by atoms with Gasteiger partial charge in [0.2, 0.25) is 6.79 Å². The van der Waals surface area contributed by atoms with Gasteiger partial charge in [-0.05, 0) is 19.3 Å². The maximum Gasteiger partial charge on any atom is 0.231 e. The van der Waals surface area contributed by atoms with Gasteiger partial charge in [-0.2, -0.15) is 0 Å². The molecule has 1 aromatic carbocycles. The maximum atomic E-state index is 11.8. The van der Waals surface area contributed by atoms with Gasteiger partial charge in [-0.1, -0.05) is 11.6 Å². The lowest BCUT2D eigenvalue weighted by Gasteiger charge is -2.21. The fourth-order valence-electron chi connectivity index (χ4n) is 2.83. The summed E-state index contributed by atoms with van der Waals surface area (Å²) in [5, 5.41) is 3.40. The van der Waals surface area contributed by atoms with Crippen LogP contribution in [0.3, 0.4) is 0 Å². The van der Waals surface area contributed by atoms with Crippen LogP contribution in [0.5, 0.6) is 11.5 Å². The van der Waals surface area contributed by atoms with E-state index >= 15 is 0 Å². The maximum absolute atomic E-state index is 11.8. The summed E-state index contributed by atoms with van der Waals surface area (Å²) in [6, 6.07) is 3.35. The standard InChI is InChI=1S/C13H16ClNO4S/c1-20(16,17)13-4-2-3-9(13)15-10-6-12-11(5-8(10)14)18-7-19-12/h5-6,9,13,15H,2-4,7H2,1H3. The minimum absolute atomic E-state index is 0.108. The highest BCUT2D eigenvalue weighted by Crippen LogP contribution is 2.40. The number of benzene rings is 1. The molecule has 3 rings (SSSR count). The Labute approximate surface area is 123 Å². The summed E-state index contributed by atoms with van der Waals surface area (Å²) in [7, 11) is -3.06. The molecular weight excluding hydrogens is 302 g/mol. The number of hydrogen-bond donors (Lipinski definition) is 1. The van der Waals surface area contributed by atoms with E-state index in [-0.39, 0.29) is 18.1 Å². The quantitative estimate of drug-likeness (QED) is 0.927. The zero-order valence-electron chi connectivity index (χ0n) is 11.1. The van der Waals surface area contributed by atoms with Gasteiger partial charge in [-0.15, -0.1) is 0 Å². The van der Waals surface area contributed by atoms with Crippen LogP contribution in [0.4, 0.5) is 5.69 Å². The molecule has 0 aromatic heterocycles. The van der Waals surface area contributed by atoms with Crippen LogP contribution in [-0.2, 0) is 9.84 Å². The Morgan fingerprint density at radius 3 is 2.65 bits per heavy atom. The lowest BCUT2D eigenvalue weighted by Crippen LogP contribution is -2.34. The fraction of sp³-hybridized carbons (Fsp3) is 0.538. The third kappa shape index (κ3) is 2.54. The van der Waals surface area contributed by atoms with Crippen molar-refractivity contribution in [1.82, 2.24) is 0 Å². The molecule has 1 aromatic rings. The van der Waals surface area contributed by atoms with E-state index in [2.05, 4.69) is 5.32 Å². The summed E-state index contributed by atoms with van der Waals surface area (Å²) in [5.41, 5.74) is 0.691. The van der Waals surface area contributed by atoms with Crippen LogP contribution in [0, 0.1) is 0 Å². The summed E-state index contributed by atoms with van der Waals surface area (Å²) in [6.07, 6.45) is 3.71. The van der Waals surface area contributed by atoms with Crippen LogP contribution in [0.2, 0.25) is 5.02 Å². The van der Waals surface area contributed by atoms with Crippen molar-refractivity contribution in [2.24, 2.45) is 0 Å². The highest BCUT2D eigenvalue weighted by Gasteiger charge is 2.35. The lowest BCUT2D eigenvalue weighted by molar-refractivity contribution is 0.174. The van der Waals surface area contributed by atoms with E-state index in [4.69, 9.17) is 21.1 Å². The highest BCUT2D eigenvalue weighted by molar-refractivity contribution is 7.91. The summed E-state index contributed by atoms with van der Waals surface area (Å²) in [4.78, 5) is 0.